The van der Waals surface area contributed by atoms with Gasteiger partial charge in [-0.2, -0.15) is 0 Å². The maximum Gasteiger partial charge on any atom is 0.234 e. The Hall–Kier alpha value is -0.660. The van der Waals surface area contributed by atoms with Crippen LogP contribution in [0.4, 0.5) is 10.1 Å². The zero-order chi connectivity index (χ0) is 12.2. The van der Waals surface area contributed by atoms with E-state index >= 15 is 0 Å². The third kappa shape index (κ3) is 3.73. The van der Waals surface area contributed by atoms with Gasteiger partial charge >= 0.3 is 0 Å². The van der Waals surface area contributed by atoms with Crippen LogP contribution >= 0.6 is 15.9 Å². The largest absolute Gasteiger partial charge is 0.319 e. The predicted molar refractivity (Wildman–Crippen MR) is 65.4 cm³/mol. The first-order valence-corrected chi connectivity index (χ1v) is 7.00. The van der Waals surface area contributed by atoms with Crippen molar-refractivity contribution in [2.45, 2.75) is 0 Å². The van der Waals surface area contributed by atoms with Crippen molar-refractivity contribution in [1.82, 2.24) is 5.32 Å². The lowest BCUT2D eigenvalue weighted by molar-refractivity contribution is 0.596. The number of nitrogens with one attached hydrogen (secondary N) is 2. The lowest BCUT2D eigenvalue weighted by Gasteiger charge is -2.10. The molecule has 0 radical (unpaired) electrons. The van der Waals surface area contributed by atoms with Crippen LogP contribution < -0.4 is 10.0 Å². The molecule has 1 aromatic rings. The van der Waals surface area contributed by atoms with Gasteiger partial charge in [-0.3, -0.25) is 4.72 Å². The highest BCUT2D eigenvalue weighted by atomic mass is 79.9. The fourth-order valence-corrected chi connectivity index (χ4v) is 2.70. The average Bonchev–Trinajstić information content (AvgIpc) is 2.21. The number of halogens is 2. The highest BCUT2D eigenvalue weighted by Crippen LogP contribution is 2.25. The van der Waals surface area contributed by atoms with Gasteiger partial charge in [0.05, 0.1) is 11.4 Å². The molecule has 7 heteroatoms. The van der Waals surface area contributed by atoms with Crippen LogP contribution in [0.2, 0.25) is 0 Å². The van der Waals surface area contributed by atoms with Gasteiger partial charge in [-0.1, -0.05) is 6.07 Å². The van der Waals surface area contributed by atoms with Crippen LogP contribution in [0.15, 0.2) is 22.7 Å². The molecule has 0 saturated heterocycles. The number of hydrogen-bond donors (Lipinski definition) is 2. The van der Waals surface area contributed by atoms with Crippen LogP contribution in [0, 0.1) is 5.82 Å². The van der Waals surface area contributed by atoms with E-state index in [1.54, 1.807) is 13.1 Å². The molecule has 4 nitrogen and oxygen atoms in total. The summed E-state index contributed by atoms with van der Waals surface area (Å²) >= 11 is 3.09. The van der Waals surface area contributed by atoms with Gasteiger partial charge in [0, 0.05) is 11.0 Å². The van der Waals surface area contributed by atoms with E-state index in [-0.39, 0.29) is 11.4 Å². The minimum atomic E-state index is -3.52. The zero-order valence-electron chi connectivity index (χ0n) is 8.63. The zero-order valence-corrected chi connectivity index (χ0v) is 11.0. The van der Waals surface area contributed by atoms with Crippen LogP contribution in [0.1, 0.15) is 0 Å². The summed E-state index contributed by atoms with van der Waals surface area (Å²) in [6, 6.07) is 4.25. The van der Waals surface area contributed by atoms with E-state index in [1.807, 2.05) is 0 Å². The molecule has 0 aromatic heterocycles. The van der Waals surface area contributed by atoms with Crippen molar-refractivity contribution in [3.8, 4) is 0 Å². The summed E-state index contributed by atoms with van der Waals surface area (Å²) < 4.78 is 39.0. The molecule has 0 fully saturated rings. The number of hydrogen-bond acceptors (Lipinski definition) is 3. The van der Waals surface area contributed by atoms with Gasteiger partial charge in [0.2, 0.25) is 10.0 Å². The third-order valence-corrected chi connectivity index (χ3v) is 3.76. The molecule has 0 unspecified atom stereocenters. The average molecular weight is 311 g/mol. The molecule has 0 amide bonds. The second-order valence-electron chi connectivity index (χ2n) is 3.12. The number of sulfonamides is 1. The highest BCUT2D eigenvalue weighted by molar-refractivity contribution is 9.10. The minimum Gasteiger partial charge on any atom is -0.319 e. The summed E-state index contributed by atoms with van der Waals surface area (Å²) in [5, 5.41) is 2.71. The number of rotatable bonds is 5. The van der Waals surface area contributed by atoms with E-state index in [1.165, 1.54) is 12.1 Å². The summed E-state index contributed by atoms with van der Waals surface area (Å²) in [5.74, 6) is -0.716. The molecular formula is C9H12BrFN2O2S. The van der Waals surface area contributed by atoms with Gasteiger partial charge < -0.3 is 5.32 Å². The molecule has 0 spiro atoms. The van der Waals surface area contributed by atoms with E-state index in [0.29, 0.717) is 11.0 Å². The Labute approximate surface area is 102 Å². The molecule has 0 heterocycles. The van der Waals surface area contributed by atoms with Crippen molar-refractivity contribution in [2.75, 3.05) is 24.1 Å². The van der Waals surface area contributed by atoms with Crippen molar-refractivity contribution in [3.05, 3.63) is 28.5 Å². The van der Waals surface area contributed by atoms with E-state index in [9.17, 15) is 12.8 Å². The summed E-state index contributed by atoms with van der Waals surface area (Å²) in [6.45, 7) is 0.307. The maximum atomic E-state index is 13.3. The van der Waals surface area contributed by atoms with Gasteiger partial charge in [0.15, 0.2) is 0 Å². The molecule has 90 valence electrons. The second-order valence-corrected chi connectivity index (χ2v) is 5.82. The van der Waals surface area contributed by atoms with Crippen LogP contribution in [-0.4, -0.2) is 27.8 Å². The number of benzene rings is 1. The summed E-state index contributed by atoms with van der Waals surface area (Å²) in [4.78, 5) is 0. The SMILES string of the molecule is CNCCS(=O)(=O)Nc1c(F)cccc1Br. The smallest absolute Gasteiger partial charge is 0.234 e. The monoisotopic (exact) mass is 310 g/mol. The molecule has 16 heavy (non-hydrogen) atoms. The Morgan fingerprint density at radius 1 is 1.44 bits per heavy atom. The van der Waals surface area contributed by atoms with Crippen LogP contribution in [0.25, 0.3) is 0 Å². The number of para-hydroxylation sites is 1. The van der Waals surface area contributed by atoms with Gasteiger partial charge in [-0.25, -0.2) is 12.8 Å². The van der Waals surface area contributed by atoms with Gasteiger partial charge in [-0.15, -0.1) is 0 Å². The summed E-state index contributed by atoms with van der Waals surface area (Å²) in [7, 11) is -1.88. The quantitative estimate of drug-likeness (QED) is 0.867. The fourth-order valence-electron chi connectivity index (χ4n) is 1.04. The predicted octanol–water partition coefficient (Wildman–Crippen LogP) is 1.55. The van der Waals surface area contributed by atoms with E-state index in [4.69, 9.17) is 0 Å². The molecule has 1 aromatic carbocycles. The summed E-state index contributed by atoms with van der Waals surface area (Å²) in [6.07, 6.45) is 0. The third-order valence-electron chi connectivity index (χ3n) is 1.84. The van der Waals surface area contributed by atoms with Crippen LogP contribution in [-0.2, 0) is 10.0 Å². The summed E-state index contributed by atoms with van der Waals surface area (Å²) in [5.41, 5.74) is -0.0568. The van der Waals surface area contributed by atoms with Gasteiger partial charge in [0.25, 0.3) is 0 Å². The maximum absolute atomic E-state index is 13.3. The second kappa shape index (κ2) is 5.60. The Balaban J connectivity index is 2.88. The fraction of sp³-hybridized carbons (Fsp3) is 0.333. The Morgan fingerprint density at radius 2 is 2.12 bits per heavy atom. The topological polar surface area (TPSA) is 58.2 Å². The normalized spacial score (nSPS) is 11.4. The van der Waals surface area contributed by atoms with E-state index in [0.717, 1.165) is 0 Å². The standard InChI is InChI=1S/C9H12BrFN2O2S/c1-12-5-6-16(14,15)13-9-7(10)3-2-4-8(9)11/h2-4,12-13H,5-6H2,1H3. The van der Waals surface area contributed by atoms with Crippen molar-refractivity contribution in [1.29, 1.82) is 0 Å². The van der Waals surface area contributed by atoms with Crippen molar-refractivity contribution < 1.29 is 12.8 Å². The molecule has 0 aliphatic heterocycles. The van der Waals surface area contributed by atoms with Gasteiger partial charge in [-0.05, 0) is 35.1 Å². The molecule has 0 saturated carbocycles. The van der Waals surface area contributed by atoms with Crippen molar-refractivity contribution >= 4 is 31.6 Å². The molecular weight excluding hydrogens is 299 g/mol. The molecule has 0 atom stereocenters. The van der Waals surface area contributed by atoms with Gasteiger partial charge in [0.1, 0.15) is 5.82 Å². The molecule has 0 aliphatic carbocycles. The number of anilines is 1. The highest BCUT2D eigenvalue weighted by Gasteiger charge is 2.14. The van der Waals surface area contributed by atoms with Crippen molar-refractivity contribution in [3.63, 3.8) is 0 Å². The Kier molecular flexibility index (Phi) is 4.69. The first-order valence-electron chi connectivity index (χ1n) is 4.55. The lowest BCUT2D eigenvalue weighted by Crippen LogP contribution is -2.25. The molecule has 1 rings (SSSR count). The molecule has 2 N–H and O–H groups in total. The molecule has 0 aliphatic rings. The Bertz CT molecular complexity index is 444. The molecule has 0 bridgehead atoms. The van der Waals surface area contributed by atoms with Crippen LogP contribution in [0.5, 0.6) is 0 Å². The first kappa shape index (κ1) is 13.4. The van der Waals surface area contributed by atoms with E-state index in [2.05, 4.69) is 26.0 Å². The minimum absolute atomic E-state index is 0.0568. The van der Waals surface area contributed by atoms with Crippen LogP contribution in [0.3, 0.4) is 0 Å². The van der Waals surface area contributed by atoms with Crippen molar-refractivity contribution in [2.24, 2.45) is 0 Å². The van der Waals surface area contributed by atoms with E-state index < -0.39 is 15.8 Å². The Morgan fingerprint density at radius 3 is 2.69 bits per heavy atom. The first-order chi connectivity index (χ1) is 7.46. The lowest BCUT2D eigenvalue weighted by atomic mass is 10.3.